The summed E-state index contributed by atoms with van der Waals surface area (Å²) in [5, 5.41) is 7.88. The predicted molar refractivity (Wildman–Crippen MR) is 143 cm³/mol. The monoisotopic (exact) mass is 526 g/mol. The maximum absolute atomic E-state index is 14.2. The van der Waals surface area contributed by atoms with E-state index >= 15 is 0 Å². The van der Waals surface area contributed by atoms with Crippen molar-refractivity contribution in [1.82, 2.24) is 10.3 Å². The molecule has 0 radical (unpaired) electrons. The number of aromatic nitrogens is 1. The van der Waals surface area contributed by atoms with Crippen molar-refractivity contribution in [2.24, 2.45) is 11.8 Å². The molecule has 3 aliphatic rings. The number of halogens is 1. The Balaban J connectivity index is 1.38. The molecule has 3 aliphatic heterocycles. The highest BCUT2D eigenvalue weighted by Crippen LogP contribution is 2.54. The first-order valence-corrected chi connectivity index (χ1v) is 12.8. The molecule has 1 spiro atoms. The van der Waals surface area contributed by atoms with Crippen molar-refractivity contribution < 1.29 is 19.1 Å². The average molecular weight is 527 g/mol. The van der Waals surface area contributed by atoms with Gasteiger partial charge in [-0.25, -0.2) is 4.90 Å². The minimum absolute atomic E-state index is 0.342. The van der Waals surface area contributed by atoms with Gasteiger partial charge in [0.05, 0.1) is 24.6 Å². The van der Waals surface area contributed by atoms with Gasteiger partial charge in [0.1, 0.15) is 11.3 Å². The minimum Gasteiger partial charge on any atom is -0.497 e. The van der Waals surface area contributed by atoms with Crippen LogP contribution in [0.3, 0.4) is 0 Å². The van der Waals surface area contributed by atoms with E-state index in [9.17, 15) is 14.4 Å². The number of para-hydroxylation sites is 1. The number of fused-ring (bicyclic) bond motifs is 5. The molecule has 2 fully saturated rings. The molecule has 4 heterocycles. The molecule has 4 aromatic rings. The Morgan fingerprint density at radius 2 is 1.84 bits per heavy atom. The molecule has 1 aromatic heterocycles. The van der Waals surface area contributed by atoms with E-state index in [4.69, 9.17) is 16.3 Å². The summed E-state index contributed by atoms with van der Waals surface area (Å²) in [4.78, 5) is 46.5. The number of carbonyl (C=O) groups is 3. The summed E-state index contributed by atoms with van der Waals surface area (Å²) in [6.07, 6.45) is 2.37. The fourth-order valence-electron chi connectivity index (χ4n) is 6.49. The predicted octanol–water partition coefficient (Wildman–Crippen LogP) is 4.00. The van der Waals surface area contributed by atoms with E-state index in [0.29, 0.717) is 34.1 Å². The third kappa shape index (κ3) is 3.04. The van der Waals surface area contributed by atoms with Gasteiger partial charge in [0.25, 0.3) is 0 Å². The molecule has 0 bridgehead atoms. The van der Waals surface area contributed by atoms with Gasteiger partial charge in [0.2, 0.25) is 17.7 Å². The molecule has 3 amide bonds. The quantitative estimate of drug-likeness (QED) is 0.349. The Kier molecular flexibility index (Phi) is 4.95. The van der Waals surface area contributed by atoms with Gasteiger partial charge in [0, 0.05) is 45.5 Å². The van der Waals surface area contributed by atoms with Crippen LogP contribution in [-0.4, -0.2) is 35.9 Å². The highest BCUT2D eigenvalue weighted by molar-refractivity contribution is 6.31. The molecule has 38 heavy (non-hydrogen) atoms. The number of nitrogens with zero attached hydrogens (tertiary/aromatic N) is 1. The lowest BCUT2D eigenvalue weighted by molar-refractivity contribution is -0.130. The minimum atomic E-state index is -1.43. The summed E-state index contributed by atoms with van der Waals surface area (Å²) in [5.41, 5.74) is 2.13. The van der Waals surface area contributed by atoms with Crippen LogP contribution in [0.4, 0.5) is 11.4 Å². The van der Waals surface area contributed by atoms with E-state index < -0.39 is 29.3 Å². The second kappa shape index (κ2) is 8.18. The Labute approximate surface area is 222 Å². The molecule has 8 nitrogen and oxygen atoms in total. The number of benzene rings is 3. The van der Waals surface area contributed by atoms with Crippen LogP contribution in [-0.2, 0) is 26.3 Å². The second-order valence-electron chi connectivity index (χ2n) is 9.98. The molecule has 7 rings (SSSR count). The number of imide groups is 1. The van der Waals surface area contributed by atoms with Crippen LogP contribution in [0.15, 0.2) is 72.9 Å². The van der Waals surface area contributed by atoms with Crippen LogP contribution in [0.25, 0.3) is 10.9 Å². The standard InChI is InChI=1S/C29H23ClN4O4/c1-38-18-6-4-5-17(13-18)34-26(35)24-23(11-15-14-31-21-8-3-2-7-19(15)21)33-29(25(24)27(34)36)20-12-16(30)9-10-22(20)32-28(29)37/h2-10,12-14,23-25,31,33H,11H2,1H3,(H,32,37)/t23?,24-,25+,29?/m1/s1. The molecule has 2 unspecified atom stereocenters. The normalized spacial score (nSPS) is 25.8. The zero-order valence-electron chi connectivity index (χ0n) is 20.3. The number of amides is 3. The van der Waals surface area contributed by atoms with Crippen molar-refractivity contribution in [3.8, 4) is 5.75 Å². The number of nitrogens with one attached hydrogen (secondary N) is 3. The summed E-state index contributed by atoms with van der Waals surface area (Å²) in [6, 6.07) is 19.4. The van der Waals surface area contributed by atoms with E-state index in [1.165, 1.54) is 12.0 Å². The molecule has 4 atom stereocenters. The van der Waals surface area contributed by atoms with Crippen molar-refractivity contribution in [2.75, 3.05) is 17.3 Å². The van der Waals surface area contributed by atoms with E-state index in [-0.39, 0.29) is 11.8 Å². The zero-order chi connectivity index (χ0) is 26.2. The van der Waals surface area contributed by atoms with E-state index in [1.54, 1.807) is 42.5 Å². The van der Waals surface area contributed by atoms with Gasteiger partial charge in [-0.1, -0.05) is 35.9 Å². The van der Waals surface area contributed by atoms with Gasteiger partial charge < -0.3 is 15.0 Å². The molecule has 3 N–H and O–H groups in total. The topological polar surface area (TPSA) is 104 Å². The van der Waals surface area contributed by atoms with Gasteiger partial charge in [-0.3, -0.25) is 19.7 Å². The fraction of sp³-hybridized carbons (Fsp3) is 0.207. The number of anilines is 2. The van der Waals surface area contributed by atoms with Gasteiger partial charge in [-0.05, 0) is 48.4 Å². The van der Waals surface area contributed by atoms with Gasteiger partial charge in [-0.15, -0.1) is 0 Å². The number of methoxy groups -OCH3 is 1. The number of ether oxygens (including phenoxy) is 1. The summed E-state index contributed by atoms with van der Waals surface area (Å²) < 4.78 is 5.34. The summed E-state index contributed by atoms with van der Waals surface area (Å²) >= 11 is 6.37. The van der Waals surface area contributed by atoms with Crippen molar-refractivity contribution in [3.05, 3.63) is 89.1 Å². The molecule has 3 aromatic carbocycles. The lowest BCUT2D eigenvalue weighted by Crippen LogP contribution is -2.53. The van der Waals surface area contributed by atoms with Gasteiger partial charge in [-0.2, -0.15) is 0 Å². The van der Waals surface area contributed by atoms with Crippen LogP contribution in [0.2, 0.25) is 5.02 Å². The number of H-pyrrole nitrogens is 1. The lowest BCUT2D eigenvalue weighted by atomic mass is 9.76. The maximum atomic E-state index is 14.2. The molecule has 0 saturated carbocycles. The van der Waals surface area contributed by atoms with E-state index in [1.807, 2.05) is 30.5 Å². The molecule has 9 heteroatoms. The zero-order valence-corrected chi connectivity index (χ0v) is 21.1. The second-order valence-corrected chi connectivity index (χ2v) is 10.4. The summed E-state index contributed by atoms with van der Waals surface area (Å²) in [7, 11) is 1.53. The Morgan fingerprint density at radius 1 is 1.00 bits per heavy atom. The number of hydrogen-bond acceptors (Lipinski definition) is 5. The highest BCUT2D eigenvalue weighted by atomic mass is 35.5. The Morgan fingerprint density at radius 3 is 2.68 bits per heavy atom. The van der Waals surface area contributed by atoms with Crippen molar-refractivity contribution in [1.29, 1.82) is 0 Å². The van der Waals surface area contributed by atoms with Crippen LogP contribution in [0, 0.1) is 11.8 Å². The van der Waals surface area contributed by atoms with Crippen LogP contribution in [0.5, 0.6) is 5.75 Å². The lowest BCUT2D eigenvalue weighted by Gasteiger charge is -2.29. The summed E-state index contributed by atoms with van der Waals surface area (Å²) in [5.74, 6) is -2.32. The molecule has 0 aliphatic carbocycles. The first-order chi connectivity index (χ1) is 18.4. The molecule has 2 saturated heterocycles. The average Bonchev–Trinajstić information content (AvgIpc) is 3.63. The fourth-order valence-corrected chi connectivity index (χ4v) is 6.66. The van der Waals surface area contributed by atoms with E-state index in [2.05, 4.69) is 15.6 Å². The number of rotatable bonds is 4. The third-order valence-electron chi connectivity index (χ3n) is 8.10. The van der Waals surface area contributed by atoms with Crippen LogP contribution in [0.1, 0.15) is 11.1 Å². The summed E-state index contributed by atoms with van der Waals surface area (Å²) in [6.45, 7) is 0. The SMILES string of the molecule is COc1cccc(N2C(=O)[C@@H]3C(Cc4c[nH]c5ccccc45)NC4(C(=O)Nc5ccc(Cl)cc54)[C@@H]3C2=O)c1. The number of hydrogen-bond donors (Lipinski definition) is 3. The van der Waals surface area contributed by atoms with Crippen LogP contribution >= 0.6 is 11.6 Å². The maximum Gasteiger partial charge on any atom is 0.250 e. The third-order valence-corrected chi connectivity index (χ3v) is 8.34. The molecular weight excluding hydrogens is 504 g/mol. The van der Waals surface area contributed by atoms with E-state index in [0.717, 1.165) is 16.5 Å². The highest BCUT2D eigenvalue weighted by Gasteiger charge is 2.70. The first-order valence-electron chi connectivity index (χ1n) is 12.4. The number of aromatic amines is 1. The first kappa shape index (κ1) is 23.0. The van der Waals surface area contributed by atoms with Crippen LogP contribution < -0.4 is 20.3 Å². The Hall–Kier alpha value is -4.14. The molecular formula is C29H23ClN4O4. The largest absolute Gasteiger partial charge is 0.497 e. The molecule has 190 valence electrons. The van der Waals surface area contributed by atoms with Gasteiger partial charge >= 0.3 is 0 Å². The van der Waals surface area contributed by atoms with Crippen molar-refractivity contribution in [2.45, 2.75) is 18.0 Å². The van der Waals surface area contributed by atoms with Crippen molar-refractivity contribution >= 4 is 51.6 Å². The van der Waals surface area contributed by atoms with Gasteiger partial charge in [0.15, 0.2) is 0 Å². The number of carbonyl (C=O) groups excluding carboxylic acids is 3. The van der Waals surface area contributed by atoms with Crippen molar-refractivity contribution in [3.63, 3.8) is 0 Å². The Bertz CT molecular complexity index is 1670. The smallest absolute Gasteiger partial charge is 0.250 e.